The van der Waals surface area contributed by atoms with E-state index in [0.717, 1.165) is 48.9 Å². The molecule has 1 saturated heterocycles. The van der Waals surface area contributed by atoms with Crippen LogP contribution in [0.5, 0.6) is 0 Å². The van der Waals surface area contributed by atoms with E-state index in [1.54, 1.807) is 11.3 Å². The molecule has 5 heteroatoms. The van der Waals surface area contributed by atoms with E-state index in [1.165, 1.54) is 10.3 Å². The smallest absolute Gasteiger partial charge is 0.186 e. The Morgan fingerprint density at radius 1 is 0.917 bits per heavy atom. The summed E-state index contributed by atoms with van der Waals surface area (Å²) in [5.41, 5.74) is 3.38. The van der Waals surface area contributed by atoms with Gasteiger partial charge in [0.15, 0.2) is 5.13 Å². The number of benzene rings is 2. The number of fused-ring (bicyclic) bond motifs is 1. The fourth-order valence-electron chi connectivity index (χ4n) is 3.10. The predicted molar refractivity (Wildman–Crippen MR) is 99.5 cm³/mol. The van der Waals surface area contributed by atoms with Gasteiger partial charge in [0.2, 0.25) is 0 Å². The summed E-state index contributed by atoms with van der Waals surface area (Å²) in [5, 5.41) is 10.3. The van der Waals surface area contributed by atoms with Gasteiger partial charge >= 0.3 is 0 Å². The largest absolute Gasteiger partial charge is 0.392 e. The molecule has 1 aliphatic heterocycles. The molecule has 0 amide bonds. The molecule has 0 unspecified atom stereocenters. The number of rotatable bonds is 4. The minimum Gasteiger partial charge on any atom is -0.392 e. The first kappa shape index (κ1) is 15.6. The highest BCUT2D eigenvalue weighted by Crippen LogP contribution is 2.29. The van der Waals surface area contributed by atoms with Crippen LogP contribution in [0.25, 0.3) is 10.2 Å². The van der Waals surface area contributed by atoms with Crippen LogP contribution >= 0.6 is 11.3 Å². The van der Waals surface area contributed by atoms with Crippen molar-refractivity contribution >= 4 is 26.7 Å². The second kappa shape index (κ2) is 6.89. The van der Waals surface area contributed by atoms with E-state index < -0.39 is 0 Å². The SMILES string of the molecule is OCc1ccc(CN2CCN(c3nc4ccccc4s3)CC2)cc1. The molecule has 3 aromatic rings. The van der Waals surface area contributed by atoms with Crippen LogP contribution in [-0.2, 0) is 13.2 Å². The number of thiazole rings is 1. The van der Waals surface area contributed by atoms with Gasteiger partial charge in [0, 0.05) is 32.7 Å². The third-order valence-corrected chi connectivity index (χ3v) is 5.63. The van der Waals surface area contributed by atoms with E-state index in [9.17, 15) is 0 Å². The summed E-state index contributed by atoms with van der Waals surface area (Å²) in [6.07, 6.45) is 0. The topological polar surface area (TPSA) is 39.6 Å². The number of piperazine rings is 1. The molecule has 1 aromatic heterocycles. The Morgan fingerprint density at radius 2 is 1.62 bits per heavy atom. The molecule has 1 fully saturated rings. The molecular formula is C19H21N3OS. The minimum absolute atomic E-state index is 0.112. The van der Waals surface area contributed by atoms with Gasteiger partial charge in [-0.2, -0.15) is 0 Å². The third kappa shape index (κ3) is 3.29. The monoisotopic (exact) mass is 339 g/mol. The maximum Gasteiger partial charge on any atom is 0.186 e. The lowest BCUT2D eigenvalue weighted by molar-refractivity contribution is 0.249. The highest BCUT2D eigenvalue weighted by atomic mass is 32.1. The van der Waals surface area contributed by atoms with E-state index in [1.807, 2.05) is 18.2 Å². The maximum absolute atomic E-state index is 9.12. The van der Waals surface area contributed by atoms with E-state index in [4.69, 9.17) is 10.1 Å². The van der Waals surface area contributed by atoms with Crippen LogP contribution < -0.4 is 4.90 Å². The molecule has 0 aliphatic carbocycles. The lowest BCUT2D eigenvalue weighted by Crippen LogP contribution is -2.45. The van der Waals surface area contributed by atoms with Crippen molar-refractivity contribution in [3.05, 3.63) is 59.7 Å². The van der Waals surface area contributed by atoms with E-state index >= 15 is 0 Å². The Balaban J connectivity index is 1.37. The standard InChI is InChI=1S/C19H21N3OS/c23-14-16-7-5-15(6-8-16)13-21-9-11-22(12-10-21)19-20-17-3-1-2-4-18(17)24-19/h1-8,23H,9-14H2. The van der Waals surface area contributed by atoms with Crippen molar-refractivity contribution in [2.75, 3.05) is 31.1 Å². The molecule has 0 spiro atoms. The Labute approximate surface area is 146 Å². The first-order valence-electron chi connectivity index (χ1n) is 8.33. The van der Waals surface area contributed by atoms with Gasteiger partial charge in [0.1, 0.15) is 0 Å². The number of hydrogen-bond donors (Lipinski definition) is 1. The van der Waals surface area contributed by atoms with Crippen LogP contribution in [0.15, 0.2) is 48.5 Å². The van der Waals surface area contributed by atoms with Crippen LogP contribution in [0.4, 0.5) is 5.13 Å². The number of aliphatic hydroxyl groups is 1. The van der Waals surface area contributed by atoms with Gasteiger partial charge in [0.05, 0.1) is 16.8 Å². The molecule has 4 nitrogen and oxygen atoms in total. The molecule has 4 rings (SSSR count). The zero-order valence-corrected chi connectivity index (χ0v) is 14.4. The van der Waals surface area contributed by atoms with Gasteiger partial charge in [-0.25, -0.2) is 4.98 Å². The summed E-state index contributed by atoms with van der Waals surface area (Å²) in [7, 11) is 0. The minimum atomic E-state index is 0.112. The van der Waals surface area contributed by atoms with E-state index in [2.05, 4.69) is 40.1 Å². The first-order valence-corrected chi connectivity index (χ1v) is 9.15. The summed E-state index contributed by atoms with van der Waals surface area (Å²) in [6, 6.07) is 16.6. The molecule has 0 radical (unpaired) electrons. The average molecular weight is 339 g/mol. The van der Waals surface area contributed by atoms with Crippen molar-refractivity contribution in [1.82, 2.24) is 9.88 Å². The summed E-state index contributed by atoms with van der Waals surface area (Å²) in [4.78, 5) is 9.65. The second-order valence-corrected chi connectivity index (χ2v) is 7.21. The van der Waals surface area contributed by atoms with Crippen molar-refractivity contribution in [3.63, 3.8) is 0 Å². The molecule has 2 heterocycles. The zero-order chi connectivity index (χ0) is 16.4. The van der Waals surface area contributed by atoms with Gasteiger partial charge in [-0.3, -0.25) is 4.90 Å². The van der Waals surface area contributed by atoms with Gasteiger partial charge in [0.25, 0.3) is 0 Å². The number of aromatic nitrogens is 1. The van der Waals surface area contributed by atoms with Crippen molar-refractivity contribution in [2.24, 2.45) is 0 Å². The maximum atomic E-state index is 9.12. The molecule has 2 aromatic carbocycles. The normalized spacial score (nSPS) is 16.0. The fraction of sp³-hybridized carbons (Fsp3) is 0.316. The molecule has 1 N–H and O–H groups in total. The summed E-state index contributed by atoms with van der Waals surface area (Å²) in [5.74, 6) is 0. The Morgan fingerprint density at radius 3 is 2.33 bits per heavy atom. The Bertz CT molecular complexity index is 774. The van der Waals surface area contributed by atoms with Crippen LogP contribution in [0.1, 0.15) is 11.1 Å². The number of anilines is 1. The Hall–Kier alpha value is -1.95. The van der Waals surface area contributed by atoms with E-state index in [0.29, 0.717) is 0 Å². The first-order chi connectivity index (χ1) is 11.8. The zero-order valence-electron chi connectivity index (χ0n) is 13.6. The molecule has 0 bridgehead atoms. The molecule has 0 atom stereocenters. The molecule has 124 valence electrons. The average Bonchev–Trinajstić information content (AvgIpc) is 3.07. The van der Waals surface area contributed by atoms with Gasteiger partial charge in [-0.05, 0) is 23.3 Å². The van der Waals surface area contributed by atoms with Crippen LogP contribution in [0.3, 0.4) is 0 Å². The van der Waals surface area contributed by atoms with Crippen molar-refractivity contribution in [1.29, 1.82) is 0 Å². The van der Waals surface area contributed by atoms with Crippen molar-refractivity contribution < 1.29 is 5.11 Å². The molecule has 1 aliphatic rings. The Kier molecular flexibility index (Phi) is 4.47. The quantitative estimate of drug-likeness (QED) is 0.793. The van der Waals surface area contributed by atoms with Crippen LogP contribution in [-0.4, -0.2) is 41.2 Å². The van der Waals surface area contributed by atoms with Crippen molar-refractivity contribution in [2.45, 2.75) is 13.2 Å². The van der Waals surface area contributed by atoms with Gasteiger partial charge in [-0.1, -0.05) is 47.7 Å². The summed E-state index contributed by atoms with van der Waals surface area (Å²) in [6.45, 7) is 5.24. The van der Waals surface area contributed by atoms with E-state index in [-0.39, 0.29) is 6.61 Å². The fourth-order valence-corrected chi connectivity index (χ4v) is 4.12. The summed E-state index contributed by atoms with van der Waals surface area (Å²) >= 11 is 1.79. The lowest BCUT2D eigenvalue weighted by atomic mass is 10.1. The number of aliphatic hydroxyl groups excluding tert-OH is 1. The predicted octanol–water partition coefficient (Wildman–Crippen LogP) is 3.11. The number of hydrogen-bond acceptors (Lipinski definition) is 5. The highest BCUT2D eigenvalue weighted by molar-refractivity contribution is 7.22. The van der Waals surface area contributed by atoms with Gasteiger partial charge in [-0.15, -0.1) is 0 Å². The third-order valence-electron chi connectivity index (χ3n) is 4.54. The lowest BCUT2D eigenvalue weighted by Gasteiger charge is -2.34. The molecular weight excluding hydrogens is 318 g/mol. The highest BCUT2D eigenvalue weighted by Gasteiger charge is 2.19. The van der Waals surface area contributed by atoms with Crippen molar-refractivity contribution in [3.8, 4) is 0 Å². The van der Waals surface area contributed by atoms with Crippen LogP contribution in [0, 0.1) is 0 Å². The number of nitrogens with zero attached hydrogens (tertiary/aromatic N) is 3. The molecule has 24 heavy (non-hydrogen) atoms. The molecule has 0 saturated carbocycles. The van der Waals surface area contributed by atoms with Gasteiger partial charge < -0.3 is 10.0 Å². The second-order valence-electron chi connectivity index (χ2n) is 6.20. The number of para-hydroxylation sites is 1. The van der Waals surface area contributed by atoms with Crippen LogP contribution in [0.2, 0.25) is 0 Å². The summed E-state index contributed by atoms with van der Waals surface area (Å²) < 4.78 is 1.26.